The van der Waals surface area contributed by atoms with E-state index < -0.39 is 0 Å². The Hall–Kier alpha value is -0.830. The number of ether oxygens (including phenoxy) is 1. The summed E-state index contributed by atoms with van der Waals surface area (Å²) in [6, 6.07) is 9.58. The van der Waals surface area contributed by atoms with Gasteiger partial charge >= 0.3 is 5.97 Å². The molecule has 1 aromatic rings. The molecule has 0 spiro atoms. The fourth-order valence-corrected chi connectivity index (χ4v) is 1.75. The molecule has 0 aliphatic carbocycles. The zero-order chi connectivity index (χ0) is 9.68. The summed E-state index contributed by atoms with van der Waals surface area (Å²) in [6.07, 6.45) is 0. The molecular weight excluding hydrogens is 232 g/mol. The standard InChI is InChI=1S/C10H11BrO2/c1-13-10(12)9(7-11)8-5-3-2-4-6-8/h2-6,9H,7H2,1H3/t9-/m1/s1. The van der Waals surface area contributed by atoms with Gasteiger partial charge in [0.1, 0.15) is 0 Å². The second-order valence-corrected chi connectivity index (χ2v) is 3.29. The molecule has 1 atom stereocenters. The van der Waals surface area contributed by atoms with Gasteiger partial charge in [0.25, 0.3) is 0 Å². The van der Waals surface area contributed by atoms with Crippen molar-refractivity contribution in [3.63, 3.8) is 0 Å². The fraction of sp³-hybridized carbons (Fsp3) is 0.300. The van der Waals surface area contributed by atoms with Gasteiger partial charge in [0.2, 0.25) is 0 Å². The average molecular weight is 243 g/mol. The molecule has 2 nitrogen and oxygen atoms in total. The van der Waals surface area contributed by atoms with Crippen molar-refractivity contribution in [2.75, 3.05) is 12.4 Å². The molecule has 70 valence electrons. The predicted molar refractivity (Wildman–Crippen MR) is 55.0 cm³/mol. The fourth-order valence-electron chi connectivity index (χ4n) is 1.12. The smallest absolute Gasteiger partial charge is 0.313 e. The highest BCUT2D eigenvalue weighted by Gasteiger charge is 2.19. The minimum Gasteiger partial charge on any atom is -0.469 e. The Balaban J connectivity index is 2.85. The van der Waals surface area contributed by atoms with Crippen LogP contribution in [0.5, 0.6) is 0 Å². The van der Waals surface area contributed by atoms with E-state index in [0.717, 1.165) is 5.56 Å². The van der Waals surface area contributed by atoms with E-state index in [-0.39, 0.29) is 11.9 Å². The summed E-state index contributed by atoms with van der Waals surface area (Å²) in [7, 11) is 1.40. The molecule has 0 fully saturated rings. The largest absolute Gasteiger partial charge is 0.469 e. The van der Waals surface area contributed by atoms with Crippen molar-refractivity contribution < 1.29 is 9.53 Å². The molecule has 1 rings (SSSR count). The predicted octanol–water partition coefficient (Wildman–Crippen LogP) is 2.34. The first kappa shape index (κ1) is 10.3. The molecule has 0 N–H and O–H groups in total. The lowest BCUT2D eigenvalue weighted by Gasteiger charge is -2.11. The van der Waals surface area contributed by atoms with Crippen LogP contribution in [0.2, 0.25) is 0 Å². The zero-order valence-electron chi connectivity index (χ0n) is 7.37. The van der Waals surface area contributed by atoms with Crippen LogP contribution in [0.4, 0.5) is 0 Å². The van der Waals surface area contributed by atoms with Crippen LogP contribution >= 0.6 is 15.9 Å². The van der Waals surface area contributed by atoms with Crippen molar-refractivity contribution in [2.24, 2.45) is 0 Å². The first-order valence-corrected chi connectivity index (χ1v) is 5.10. The number of carbonyl (C=O) groups is 1. The monoisotopic (exact) mass is 242 g/mol. The maximum atomic E-state index is 11.3. The third-order valence-corrected chi connectivity index (χ3v) is 2.49. The first-order valence-electron chi connectivity index (χ1n) is 3.98. The van der Waals surface area contributed by atoms with Gasteiger partial charge in [0, 0.05) is 5.33 Å². The lowest BCUT2D eigenvalue weighted by atomic mass is 10.0. The normalized spacial score (nSPS) is 12.2. The van der Waals surface area contributed by atoms with Gasteiger partial charge in [-0.3, -0.25) is 4.79 Å². The van der Waals surface area contributed by atoms with Gasteiger partial charge in [-0.15, -0.1) is 0 Å². The summed E-state index contributed by atoms with van der Waals surface area (Å²) in [5, 5.41) is 0.587. The van der Waals surface area contributed by atoms with Gasteiger partial charge in [-0.2, -0.15) is 0 Å². The van der Waals surface area contributed by atoms with Crippen molar-refractivity contribution >= 4 is 21.9 Å². The average Bonchev–Trinajstić information content (AvgIpc) is 2.20. The van der Waals surface area contributed by atoms with Crippen LogP contribution in [0.1, 0.15) is 11.5 Å². The van der Waals surface area contributed by atoms with Gasteiger partial charge in [-0.1, -0.05) is 46.3 Å². The number of methoxy groups -OCH3 is 1. The molecule has 13 heavy (non-hydrogen) atoms. The van der Waals surface area contributed by atoms with Crippen LogP contribution in [0.25, 0.3) is 0 Å². The summed E-state index contributed by atoms with van der Waals surface area (Å²) in [6.45, 7) is 0. The van der Waals surface area contributed by atoms with Crippen molar-refractivity contribution in [1.82, 2.24) is 0 Å². The Morgan fingerprint density at radius 1 is 1.46 bits per heavy atom. The van der Waals surface area contributed by atoms with E-state index in [2.05, 4.69) is 20.7 Å². The van der Waals surface area contributed by atoms with Crippen LogP contribution in [0.15, 0.2) is 30.3 Å². The van der Waals surface area contributed by atoms with Gasteiger partial charge < -0.3 is 4.74 Å². The van der Waals surface area contributed by atoms with Gasteiger partial charge in [-0.25, -0.2) is 0 Å². The van der Waals surface area contributed by atoms with E-state index in [4.69, 9.17) is 0 Å². The Kier molecular flexibility index (Phi) is 3.96. The van der Waals surface area contributed by atoms with Crippen LogP contribution in [0.3, 0.4) is 0 Å². The molecule has 0 aliphatic rings. The van der Waals surface area contributed by atoms with E-state index in [1.165, 1.54) is 7.11 Å². The van der Waals surface area contributed by atoms with Crippen LogP contribution in [0, 0.1) is 0 Å². The lowest BCUT2D eigenvalue weighted by Crippen LogP contribution is -2.15. The second kappa shape index (κ2) is 5.02. The number of halogens is 1. The quantitative estimate of drug-likeness (QED) is 0.601. The van der Waals surface area contributed by atoms with Crippen molar-refractivity contribution in [3.05, 3.63) is 35.9 Å². The maximum Gasteiger partial charge on any atom is 0.313 e. The zero-order valence-corrected chi connectivity index (χ0v) is 8.95. The van der Waals surface area contributed by atoms with Crippen molar-refractivity contribution in [1.29, 1.82) is 0 Å². The summed E-state index contributed by atoms with van der Waals surface area (Å²) in [4.78, 5) is 11.3. The number of carbonyl (C=O) groups excluding carboxylic acids is 1. The summed E-state index contributed by atoms with van der Waals surface area (Å²) >= 11 is 3.29. The molecule has 1 aromatic carbocycles. The minimum absolute atomic E-state index is 0.203. The highest BCUT2D eigenvalue weighted by atomic mass is 79.9. The molecular formula is C10H11BrO2. The number of esters is 1. The molecule has 0 amide bonds. The maximum absolute atomic E-state index is 11.3. The number of rotatable bonds is 3. The third-order valence-electron chi connectivity index (χ3n) is 1.84. The topological polar surface area (TPSA) is 26.3 Å². The number of benzene rings is 1. The van der Waals surface area contributed by atoms with Gasteiger partial charge in [0.05, 0.1) is 13.0 Å². The van der Waals surface area contributed by atoms with Crippen molar-refractivity contribution in [3.8, 4) is 0 Å². The van der Waals surface area contributed by atoms with E-state index >= 15 is 0 Å². The Morgan fingerprint density at radius 2 is 2.08 bits per heavy atom. The summed E-state index contributed by atoms with van der Waals surface area (Å²) < 4.78 is 4.69. The molecule has 0 radical (unpaired) electrons. The Morgan fingerprint density at radius 3 is 2.54 bits per heavy atom. The number of hydrogen-bond donors (Lipinski definition) is 0. The van der Waals surface area contributed by atoms with E-state index in [9.17, 15) is 4.79 Å². The van der Waals surface area contributed by atoms with Crippen LogP contribution < -0.4 is 0 Å². The molecule has 0 saturated carbocycles. The highest BCUT2D eigenvalue weighted by Crippen LogP contribution is 2.18. The first-order chi connectivity index (χ1) is 6.29. The van der Waals surface area contributed by atoms with E-state index in [1.807, 2.05) is 30.3 Å². The molecule has 0 aromatic heterocycles. The lowest BCUT2D eigenvalue weighted by molar-refractivity contribution is -0.141. The summed E-state index contributed by atoms with van der Waals surface area (Å²) in [5.41, 5.74) is 0.978. The van der Waals surface area contributed by atoms with Crippen molar-refractivity contribution in [2.45, 2.75) is 5.92 Å². The Labute approximate surface area is 86.0 Å². The molecule has 0 aliphatic heterocycles. The van der Waals surface area contributed by atoms with Crippen LogP contribution in [-0.2, 0) is 9.53 Å². The van der Waals surface area contributed by atoms with E-state index in [1.54, 1.807) is 0 Å². The summed E-state index contributed by atoms with van der Waals surface area (Å²) in [5.74, 6) is -0.408. The molecule has 0 unspecified atom stereocenters. The van der Waals surface area contributed by atoms with Gasteiger partial charge in [-0.05, 0) is 5.56 Å². The second-order valence-electron chi connectivity index (χ2n) is 2.64. The molecule has 0 heterocycles. The number of hydrogen-bond acceptors (Lipinski definition) is 2. The number of alkyl halides is 1. The van der Waals surface area contributed by atoms with E-state index in [0.29, 0.717) is 5.33 Å². The van der Waals surface area contributed by atoms with Gasteiger partial charge in [0.15, 0.2) is 0 Å². The third kappa shape index (κ3) is 2.56. The molecule has 0 bridgehead atoms. The van der Waals surface area contributed by atoms with Crippen LogP contribution in [-0.4, -0.2) is 18.4 Å². The Bertz CT molecular complexity index is 272. The SMILES string of the molecule is COC(=O)[C@H](CBr)c1ccccc1. The molecule has 0 saturated heterocycles. The molecule has 3 heteroatoms. The highest BCUT2D eigenvalue weighted by molar-refractivity contribution is 9.09. The minimum atomic E-state index is -0.205.